The highest BCUT2D eigenvalue weighted by atomic mass is 16.5. The zero-order valence-corrected chi connectivity index (χ0v) is 14.7. The van der Waals surface area contributed by atoms with Crippen molar-refractivity contribution in [2.75, 3.05) is 30.3 Å². The maximum Gasteiger partial charge on any atom is 0.226 e. The highest BCUT2D eigenvalue weighted by Gasteiger charge is 2.21. The van der Waals surface area contributed by atoms with Crippen LogP contribution in [0.15, 0.2) is 24.3 Å². The molecular weight excluding hydrogens is 322 g/mol. The second-order valence-electron chi connectivity index (χ2n) is 6.16. The zero-order chi connectivity index (χ0) is 18.2. The Morgan fingerprint density at radius 3 is 2.28 bits per heavy atom. The number of nitrogens with zero attached hydrogens (tertiary/aromatic N) is 1. The molecule has 1 heterocycles. The summed E-state index contributed by atoms with van der Waals surface area (Å²) in [5.74, 6) is -0.360. The molecule has 1 aliphatic rings. The minimum Gasteiger partial charge on any atom is -0.376 e. The molecule has 0 aliphatic carbocycles. The normalized spacial score (nSPS) is 16.3. The third kappa shape index (κ3) is 6.54. The number of nitrogens with one attached hydrogen (secondary N) is 2. The molecule has 136 valence electrons. The highest BCUT2D eigenvalue weighted by molar-refractivity contribution is 5.92. The van der Waals surface area contributed by atoms with Gasteiger partial charge in [-0.1, -0.05) is 0 Å². The van der Waals surface area contributed by atoms with Gasteiger partial charge >= 0.3 is 0 Å². The molecule has 1 aromatic rings. The fourth-order valence-corrected chi connectivity index (χ4v) is 2.71. The van der Waals surface area contributed by atoms with Gasteiger partial charge < -0.3 is 20.3 Å². The number of benzene rings is 1. The van der Waals surface area contributed by atoms with Crippen molar-refractivity contribution in [2.45, 2.75) is 39.2 Å². The number of amides is 3. The van der Waals surface area contributed by atoms with E-state index < -0.39 is 0 Å². The van der Waals surface area contributed by atoms with Crippen LogP contribution < -0.4 is 10.6 Å². The standard InChI is InChI=1S/C18H25N3O4/c1-13(22)19-15-5-7-16(8-6-15)20-18(24)9-10-21(14(2)23)12-17-4-3-11-25-17/h5-8,17H,3-4,9-12H2,1-2H3,(H,19,22)(H,20,24). The van der Waals surface area contributed by atoms with Gasteiger partial charge in [-0.05, 0) is 37.1 Å². The summed E-state index contributed by atoms with van der Waals surface area (Å²) in [6.07, 6.45) is 2.27. The minimum atomic E-state index is -0.161. The van der Waals surface area contributed by atoms with Gasteiger partial charge in [0.15, 0.2) is 0 Å². The second kappa shape index (κ2) is 9.17. The van der Waals surface area contributed by atoms with E-state index >= 15 is 0 Å². The second-order valence-corrected chi connectivity index (χ2v) is 6.16. The third-order valence-corrected chi connectivity index (χ3v) is 3.99. The van der Waals surface area contributed by atoms with E-state index in [1.807, 2.05) is 0 Å². The first-order chi connectivity index (χ1) is 11.9. The quantitative estimate of drug-likeness (QED) is 0.790. The molecule has 25 heavy (non-hydrogen) atoms. The van der Waals surface area contributed by atoms with Crippen molar-refractivity contribution >= 4 is 29.1 Å². The topological polar surface area (TPSA) is 87.7 Å². The van der Waals surface area contributed by atoms with Gasteiger partial charge in [0.05, 0.1) is 6.10 Å². The van der Waals surface area contributed by atoms with Crippen molar-refractivity contribution < 1.29 is 19.1 Å². The Kier molecular flexibility index (Phi) is 6.94. The summed E-state index contributed by atoms with van der Waals surface area (Å²) in [7, 11) is 0. The smallest absolute Gasteiger partial charge is 0.226 e. The molecule has 7 nitrogen and oxygen atoms in total. The molecule has 0 bridgehead atoms. The lowest BCUT2D eigenvalue weighted by Gasteiger charge is -2.23. The van der Waals surface area contributed by atoms with Crippen LogP contribution in [0.1, 0.15) is 33.1 Å². The van der Waals surface area contributed by atoms with Gasteiger partial charge in [-0.3, -0.25) is 14.4 Å². The fourth-order valence-electron chi connectivity index (χ4n) is 2.71. The first kappa shape index (κ1) is 18.9. The van der Waals surface area contributed by atoms with Crippen molar-refractivity contribution in [2.24, 2.45) is 0 Å². The maximum atomic E-state index is 12.1. The molecule has 0 saturated carbocycles. The van der Waals surface area contributed by atoms with Gasteiger partial charge in [0.25, 0.3) is 0 Å². The number of rotatable bonds is 7. The van der Waals surface area contributed by atoms with Crippen molar-refractivity contribution in [1.29, 1.82) is 0 Å². The van der Waals surface area contributed by atoms with Crippen LogP contribution in [0, 0.1) is 0 Å². The number of hydrogen-bond donors (Lipinski definition) is 2. The number of carbonyl (C=O) groups excluding carboxylic acids is 3. The fraction of sp³-hybridized carbons (Fsp3) is 0.500. The van der Waals surface area contributed by atoms with Gasteiger partial charge in [-0.25, -0.2) is 0 Å². The summed E-state index contributed by atoms with van der Waals surface area (Å²) in [6.45, 7) is 4.59. The summed E-state index contributed by atoms with van der Waals surface area (Å²) in [6, 6.07) is 6.88. The summed E-state index contributed by atoms with van der Waals surface area (Å²) < 4.78 is 5.55. The Hall–Kier alpha value is -2.41. The molecule has 1 aliphatic heterocycles. The molecular formula is C18H25N3O4. The van der Waals surface area contributed by atoms with Crippen molar-refractivity contribution in [3.8, 4) is 0 Å². The van der Waals surface area contributed by atoms with Crippen LogP contribution in [0.25, 0.3) is 0 Å². The van der Waals surface area contributed by atoms with Crippen LogP contribution in [0.3, 0.4) is 0 Å². The Balaban J connectivity index is 1.79. The number of hydrogen-bond acceptors (Lipinski definition) is 4. The predicted molar refractivity (Wildman–Crippen MR) is 95.2 cm³/mol. The van der Waals surface area contributed by atoms with E-state index in [9.17, 15) is 14.4 Å². The monoisotopic (exact) mass is 347 g/mol. The van der Waals surface area contributed by atoms with Gasteiger partial charge in [-0.15, -0.1) is 0 Å². The van der Waals surface area contributed by atoms with Gasteiger partial charge in [0.2, 0.25) is 17.7 Å². The van der Waals surface area contributed by atoms with Crippen LogP contribution in [0.2, 0.25) is 0 Å². The molecule has 1 atom stereocenters. The Morgan fingerprint density at radius 1 is 1.12 bits per heavy atom. The molecule has 2 N–H and O–H groups in total. The first-order valence-electron chi connectivity index (χ1n) is 8.48. The van der Waals surface area contributed by atoms with Crippen molar-refractivity contribution in [1.82, 2.24) is 4.90 Å². The molecule has 7 heteroatoms. The summed E-state index contributed by atoms with van der Waals surface area (Å²) in [4.78, 5) is 36.5. The lowest BCUT2D eigenvalue weighted by molar-refractivity contribution is -0.131. The van der Waals surface area contributed by atoms with E-state index in [4.69, 9.17) is 4.74 Å². The van der Waals surface area contributed by atoms with Crippen LogP contribution >= 0.6 is 0 Å². The average Bonchev–Trinajstić information content (AvgIpc) is 3.05. The SMILES string of the molecule is CC(=O)Nc1ccc(NC(=O)CCN(CC2CCCO2)C(C)=O)cc1. The van der Waals surface area contributed by atoms with E-state index in [1.54, 1.807) is 29.2 Å². The van der Waals surface area contributed by atoms with Crippen molar-refractivity contribution in [3.63, 3.8) is 0 Å². The summed E-state index contributed by atoms with van der Waals surface area (Å²) in [5.41, 5.74) is 1.32. The largest absolute Gasteiger partial charge is 0.376 e. The lowest BCUT2D eigenvalue weighted by atomic mass is 10.2. The molecule has 1 unspecified atom stereocenters. The Labute approximate surface area is 147 Å². The van der Waals surface area contributed by atoms with E-state index in [2.05, 4.69) is 10.6 Å². The molecule has 1 fully saturated rings. The van der Waals surface area contributed by atoms with Crippen LogP contribution in [-0.4, -0.2) is 48.4 Å². The van der Waals surface area contributed by atoms with Crippen LogP contribution in [0.5, 0.6) is 0 Å². The van der Waals surface area contributed by atoms with Gasteiger partial charge in [0, 0.05) is 51.3 Å². The number of carbonyl (C=O) groups is 3. The van der Waals surface area contributed by atoms with Crippen LogP contribution in [-0.2, 0) is 19.1 Å². The molecule has 2 rings (SSSR count). The molecule has 3 amide bonds. The maximum absolute atomic E-state index is 12.1. The minimum absolute atomic E-state index is 0.0528. The van der Waals surface area contributed by atoms with E-state index in [-0.39, 0.29) is 30.2 Å². The lowest BCUT2D eigenvalue weighted by Crippen LogP contribution is -2.37. The van der Waals surface area contributed by atoms with E-state index in [1.165, 1.54) is 13.8 Å². The molecule has 0 spiro atoms. The zero-order valence-electron chi connectivity index (χ0n) is 14.7. The van der Waals surface area contributed by atoms with E-state index in [0.717, 1.165) is 19.4 Å². The first-order valence-corrected chi connectivity index (χ1v) is 8.48. The number of anilines is 2. The molecule has 0 aromatic heterocycles. The Bertz CT molecular complexity index is 609. The summed E-state index contributed by atoms with van der Waals surface area (Å²) >= 11 is 0. The number of ether oxygens (including phenoxy) is 1. The molecule has 0 radical (unpaired) electrons. The highest BCUT2D eigenvalue weighted by Crippen LogP contribution is 2.15. The van der Waals surface area contributed by atoms with Crippen molar-refractivity contribution in [3.05, 3.63) is 24.3 Å². The van der Waals surface area contributed by atoms with Gasteiger partial charge in [0.1, 0.15) is 0 Å². The molecule has 1 saturated heterocycles. The summed E-state index contributed by atoms with van der Waals surface area (Å²) in [5, 5.41) is 5.45. The van der Waals surface area contributed by atoms with Gasteiger partial charge in [-0.2, -0.15) is 0 Å². The average molecular weight is 347 g/mol. The molecule has 1 aromatic carbocycles. The van der Waals surface area contributed by atoms with Crippen LogP contribution in [0.4, 0.5) is 11.4 Å². The predicted octanol–water partition coefficient (Wildman–Crippen LogP) is 2.00. The Morgan fingerprint density at radius 2 is 1.76 bits per heavy atom. The van der Waals surface area contributed by atoms with E-state index in [0.29, 0.717) is 24.5 Å². The third-order valence-electron chi connectivity index (χ3n) is 3.99.